The highest BCUT2D eigenvalue weighted by atomic mass is 16.3. The summed E-state index contributed by atoms with van der Waals surface area (Å²) in [6.45, 7) is 3.60. The van der Waals surface area contributed by atoms with E-state index in [2.05, 4.69) is 15.8 Å². The summed E-state index contributed by atoms with van der Waals surface area (Å²) in [6.07, 6.45) is 1.84. The van der Waals surface area contributed by atoms with E-state index >= 15 is 0 Å². The smallest absolute Gasteiger partial charge is 0.271 e. The van der Waals surface area contributed by atoms with Crippen molar-refractivity contribution in [3.05, 3.63) is 53.5 Å². The van der Waals surface area contributed by atoms with Crippen molar-refractivity contribution < 1.29 is 14.0 Å². The molecule has 2 N–H and O–H groups in total. The molecule has 0 fully saturated rings. The summed E-state index contributed by atoms with van der Waals surface area (Å²) in [5.41, 5.74) is 3.51. The Kier molecular flexibility index (Phi) is 5.08. The van der Waals surface area contributed by atoms with Gasteiger partial charge in [-0.2, -0.15) is 5.10 Å². The second-order valence-corrected chi connectivity index (χ2v) is 4.63. The second-order valence-electron chi connectivity index (χ2n) is 4.63. The standard InChI is InChI=1S/C16H17N3O3/c1-3-15(20)18-13-7-5-12(6-8-13)16(21)19-17-10-14-9-4-11(2)22-14/h4-10H,3H2,1-2H3,(H,18,20)(H,19,21)/b17-10+. The van der Waals surface area contributed by atoms with Gasteiger partial charge in [-0.05, 0) is 43.3 Å². The predicted molar refractivity (Wildman–Crippen MR) is 83.9 cm³/mol. The van der Waals surface area contributed by atoms with Crippen LogP contribution in [-0.2, 0) is 4.79 Å². The predicted octanol–water partition coefficient (Wildman–Crippen LogP) is 2.70. The Balaban J connectivity index is 1.92. The Morgan fingerprint density at radius 1 is 1.18 bits per heavy atom. The fraction of sp³-hybridized carbons (Fsp3) is 0.188. The van der Waals surface area contributed by atoms with Gasteiger partial charge < -0.3 is 9.73 Å². The minimum absolute atomic E-state index is 0.0736. The Morgan fingerprint density at radius 3 is 2.50 bits per heavy atom. The third kappa shape index (κ3) is 4.31. The molecule has 6 nitrogen and oxygen atoms in total. The second kappa shape index (κ2) is 7.21. The van der Waals surface area contributed by atoms with Crippen LogP contribution >= 0.6 is 0 Å². The molecule has 0 bridgehead atoms. The van der Waals surface area contributed by atoms with Crippen LogP contribution in [0.25, 0.3) is 0 Å². The minimum atomic E-state index is -0.340. The maximum absolute atomic E-state index is 11.9. The third-order valence-electron chi connectivity index (χ3n) is 2.87. The van der Waals surface area contributed by atoms with Gasteiger partial charge in [0.25, 0.3) is 5.91 Å². The molecule has 0 aliphatic heterocycles. The Morgan fingerprint density at radius 2 is 1.91 bits per heavy atom. The first-order valence-electron chi connectivity index (χ1n) is 6.88. The number of aryl methyl sites for hydroxylation is 1. The summed E-state index contributed by atoms with van der Waals surface area (Å²) < 4.78 is 5.29. The first-order valence-corrected chi connectivity index (χ1v) is 6.88. The third-order valence-corrected chi connectivity index (χ3v) is 2.87. The maximum atomic E-state index is 11.9. The van der Waals surface area contributed by atoms with E-state index in [1.807, 2.05) is 13.0 Å². The quantitative estimate of drug-likeness (QED) is 0.657. The zero-order valence-corrected chi connectivity index (χ0v) is 12.4. The lowest BCUT2D eigenvalue weighted by Crippen LogP contribution is -2.17. The van der Waals surface area contributed by atoms with Gasteiger partial charge in [-0.15, -0.1) is 0 Å². The van der Waals surface area contributed by atoms with E-state index in [4.69, 9.17) is 4.42 Å². The van der Waals surface area contributed by atoms with Gasteiger partial charge in [0.15, 0.2) is 0 Å². The number of hydrogen-bond acceptors (Lipinski definition) is 4. The lowest BCUT2D eigenvalue weighted by molar-refractivity contribution is -0.115. The maximum Gasteiger partial charge on any atom is 0.271 e. The molecule has 0 atom stereocenters. The van der Waals surface area contributed by atoms with Crippen LogP contribution in [0.2, 0.25) is 0 Å². The molecular weight excluding hydrogens is 282 g/mol. The number of furan rings is 1. The molecular formula is C16H17N3O3. The molecule has 2 rings (SSSR count). The van der Waals surface area contributed by atoms with Crippen molar-refractivity contribution in [2.24, 2.45) is 5.10 Å². The summed E-state index contributed by atoms with van der Waals surface area (Å²) in [4.78, 5) is 23.1. The summed E-state index contributed by atoms with van der Waals surface area (Å²) in [5, 5.41) is 6.54. The molecule has 1 aromatic heterocycles. The number of hydrogen-bond donors (Lipinski definition) is 2. The SMILES string of the molecule is CCC(=O)Nc1ccc(C(=O)N/N=C/c2ccc(C)o2)cc1. The van der Waals surface area contributed by atoms with Gasteiger partial charge in [0.05, 0.1) is 6.21 Å². The highest BCUT2D eigenvalue weighted by Gasteiger charge is 2.05. The number of anilines is 1. The van der Waals surface area contributed by atoms with E-state index in [1.165, 1.54) is 6.21 Å². The minimum Gasteiger partial charge on any atom is -0.460 e. The van der Waals surface area contributed by atoms with Crippen molar-refractivity contribution in [1.82, 2.24) is 5.43 Å². The van der Waals surface area contributed by atoms with Crippen molar-refractivity contribution in [3.8, 4) is 0 Å². The summed E-state index contributed by atoms with van der Waals surface area (Å²) in [6, 6.07) is 10.1. The number of hydrazone groups is 1. The van der Waals surface area contributed by atoms with Crippen LogP contribution < -0.4 is 10.7 Å². The zero-order valence-electron chi connectivity index (χ0n) is 12.4. The zero-order chi connectivity index (χ0) is 15.9. The number of amides is 2. The molecule has 0 saturated carbocycles. The van der Waals surface area contributed by atoms with Crippen molar-refractivity contribution in [1.29, 1.82) is 0 Å². The monoisotopic (exact) mass is 299 g/mol. The molecule has 0 spiro atoms. The van der Waals surface area contributed by atoms with Gasteiger partial charge in [0.2, 0.25) is 5.91 Å². The van der Waals surface area contributed by atoms with E-state index in [-0.39, 0.29) is 11.8 Å². The van der Waals surface area contributed by atoms with Gasteiger partial charge in [0.1, 0.15) is 11.5 Å². The number of nitrogens with one attached hydrogen (secondary N) is 2. The molecule has 2 amide bonds. The molecule has 6 heteroatoms. The molecule has 2 aromatic rings. The topological polar surface area (TPSA) is 83.7 Å². The average Bonchev–Trinajstić information content (AvgIpc) is 2.93. The van der Waals surface area contributed by atoms with Crippen LogP contribution in [0.4, 0.5) is 5.69 Å². The number of carbonyl (C=O) groups is 2. The van der Waals surface area contributed by atoms with Gasteiger partial charge in [0, 0.05) is 17.7 Å². The molecule has 114 valence electrons. The molecule has 0 saturated heterocycles. The van der Waals surface area contributed by atoms with Crippen molar-refractivity contribution >= 4 is 23.7 Å². The van der Waals surface area contributed by atoms with Crippen molar-refractivity contribution in [2.45, 2.75) is 20.3 Å². The Labute approximate surface area is 128 Å². The van der Waals surface area contributed by atoms with Crippen LogP contribution in [0.3, 0.4) is 0 Å². The molecule has 1 heterocycles. The number of carbonyl (C=O) groups excluding carboxylic acids is 2. The number of nitrogens with zero attached hydrogens (tertiary/aromatic N) is 1. The first-order chi connectivity index (χ1) is 10.6. The first kappa shape index (κ1) is 15.5. The fourth-order valence-corrected chi connectivity index (χ4v) is 1.70. The van der Waals surface area contributed by atoms with Crippen LogP contribution in [0.1, 0.15) is 35.2 Å². The summed E-state index contributed by atoms with van der Waals surface area (Å²) in [7, 11) is 0. The van der Waals surface area contributed by atoms with Gasteiger partial charge in [-0.1, -0.05) is 6.92 Å². The lowest BCUT2D eigenvalue weighted by Gasteiger charge is -2.04. The van der Waals surface area contributed by atoms with Gasteiger partial charge in [-0.25, -0.2) is 5.43 Å². The normalized spacial score (nSPS) is 10.6. The van der Waals surface area contributed by atoms with Gasteiger partial charge in [-0.3, -0.25) is 9.59 Å². The Bertz CT molecular complexity index is 687. The van der Waals surface area contributed by atoms with E-state index in [0.717, 1.165) is 5.76 Å². The van der Waals surface area contributed by atoms with Crippen LogP contribution in [0.5, 0.6) is 0 Å². The van der Waals surface area contributed by atoms with E-state index in [9.17, 15) is 9.59 Å². The average molecular weight is 299 g/mol. The molecule has 0 aliphatic rings. The lowest BCUT2D eigenvalue weighted by atomic mass is 10.2. The Hall–Kier alpha value is -2.89. The van der Waals surface area contributed by atoms with Crippen LogP contribution in [0.15, 0.2) is 45.9 Å². The molecule has 0 aliphatic carbocycles. The summed E-state index contributed by atoms with van der Waals surface area (Å²) in [5.74, 6) is 0.927. The highest BCUT2D eigenvalue weighted by Crippen LogP contribution is 2.10. The largest absolute Gasteiger partial charge is 0.460 e. The van der Waals surface area contributed by atoms with Crippen LogP contribution in [0, 0.1) is 6.92 Å². The van der Waals surface area contributed by atoms with Crippen molar-refractivity contribution in [2.75, 3.05) is 5.32 Å². The highest BCUT2D eigenvalue weighted by molar-refractivity contribution is 5.96. The molecule has 0 radical (unpaired) electrons. The fourth-order valence-electron chi connectivity index (χ4n) is 1.70. The van der Waals surface area contributed by atoms with E-state index in [1.54, 1.807) is 37.3 Å². The van der Waals surface area contributed by atoms with Gasteiger partial charge >= 0.3 is 0 Å². The summed E-state index contributed by atoms with van der Waals surface area (Å²) >= 11 is 0. The van der Waals surface area contributed by atoms with E-state index in [0.29, 0.717) is 23.4 Å². The molecule has 1 aromatic carbocycles. The molecule has 0 unspecified atom stereocenters. The van der Waals surface area contributed by atoms with E-state index < -0.39 is 0 Å². The number of rotatable bonds is 5. The molecule has 22 heavy (non-hydrogen) atoms. The van der Waals surface area contributed by atoms with Crippen molar-refractivity contribution in [3.63, 3.8) is 0 Å². The number of benzene rings is 1. The van der Waals surface area contributed by atoms with Crippen LogP contribution in [-0.4, -0.2) is 18.0 Å².